The second-order valence-corrected chi connectivity index (χ2v) is 4.68. The Morgan fingerprint density at radius 1 is 1.05 bits per heavy atom. The molecule has 3 aromatic rings. The minimum atomic E-state index is -0.116. The van der Waals surface area contributed by atoms with E-state index in [1.807, 2.05) is 66.2 Å². The number of para-hydroxylation sites is 3. The lowest BCUT2D eigenvalue weighted by molar-refractivity contribution is 0.0980. The van der Waals surface area contributed by atoms with Gasteiger partial charge in [0.15, 0.2) is 5.82 Å². The molecule has 0 N–H and O–H groups in total. The molecule has 1 heterocycles. The largest absolute Gasteiger partial charge is 0.323 e. The second-order valence-electron chi connectivity index (χ2n) is 4.68. The molecule has 0 fully saturated rings. The zero-order chi connectivity index (χ0) is 14.1. The Balaban J connectivity index is 2.03. The van der Waals surface area contributed by atoms with E-state index in [0.717, 1.165) is 16.7 Å². The van der Waals surface area contributed by atoms with Gasteiger partial charge in [0.05, 0.1) is 11.0 Å². The minimum Gasteiger partial charge on any atom is -0.323 e. The van der Waals surface area contributed by atoms with Gasteiger partial charge in [-0.25, -0.2) is 4.98 Å². The van der Waals surface area contributed by atoms with E-state index in [2.05, 4.69) is 4.98 Å². The molecule has 3 rings (SSSR count). The number of aryl methyl sites for hydroxylation is 1. The van der Waals surface area contributed by atoms with Crippen LogP contribution in [0.1, 0.15) is 10.6 Å². The van der Waals surface area contributed by atoms with Crippen molar-refractivity contribution in [2.24, 2.45) is 7.05 Å². The average Bonchev–Trinajstić information content (AvgIpc) is 2.84. The number of hydrogen-bond acceptors (Lipinski definition) is 2. The van der Waals surface area contributed by atoms with E-state index < -0.39 is 0 Å². The highest BCUT2D eigenvalue weighted by Crippen LogP contribution is 2.18. The highest BCUT2D eigenvalue weighted by molar-refractivity contribution is 6.05. The van der Waals surface area contributed by atoms with Crippen LogP contribution in [-0.4, -0.2) is 22.5 Å². The average molecular weight is 265 g/mol. The fourth-order valence-corrected chi connectivity index (χ4v) is 2.26. The van der Waals surface area contributed by atoms with Crippen molar-refractivity contribution < 1.29 is 4.79 Å². The summed E-state index contributed by atoms with van der Waals surface area (Å²) in [6, 6.07) is 17.3. The number of rotatable bonds is 2. The summed E-state index contributed by atoms with van der Waals surface area (Å²) in [5.41, 5.74) is 2.64. The van der Waals surface area contributed by atoms with Crippen molar-refractivity contribution in [3.63, 3.8) is 0 Å². The molecular formula is C16H15N3O. The van der Waals surface area contributed by atoms with Gasteiger partial charge in [0.1, 0.15) is 0 Å². The number of amides is 1. The smallest absolute Gasteiger partial charge is 0.294 e. The monoisotopic (exact) mass is 265 g/mol. The second kappa shape index (κ2) is 4.81. The Bertz CT molecular complexity index is 762. The van der Waals surface area contributed by atoms with Crippen LogP contribution in [0, 0.1) is 0 Å². The van der Waals surface area contributed by atoms with Gasteiger partial charge in [-0.3, -0.25) is 4.79 Å². The third kappa shape index (κ3) is 1.95. The van der Waals surface area contributed by atoms with Crippen molar-refractivity contribution in [3.8, 4) is 0 Å². The number of anilines is 1. The van der Waals surface area contributed by atoms with Crippen LogP contribution in [-0.2, 0) is 7.05 Å². The van der Waals surface area contributed by atoms with Crippen molar-refractivity contribution in [1.82, 2.24) is 9.55 Å². The van der Waals surface area contributed by atoms with Gasteiger partial charge in [-0.15, -0.1) is 0 Å². The number of benzene rings is 2. The number of carbonyl (C=O) groups excluding carboxylic acids is 1. The van der Waals surface area contributed by atoms with Crippen molar-refractivity contribution in [1.29, 1.82) is 0 Å². The van der Waals surface area contributed by atoms with Crippen molar-refractivity contribution in [3.05, 3.63) is 60.4 Å². The molecule has 4 heteroatoms. The summed E-state index contributed by atoms with van der Waals surface area (Å²) < 4.78 is 1.83. The lowest BCUT2D eigenvalue weighted by Crippen LogP contribution is -2.28. The Morgan fingerprint density at radius 3 is 2.40 bits per heavy atom. The van der Waals surface area contributed by atoms with Crippen LogP contribution in [0.25, 0.3) is 11.0 Å². The van der Waals surface area contributed by atoms with Gasteiger partial charge in [0, 0.05) is 19.8 Å². The number of aromatic nitrogens is 2. The molecule has 0 bridgehead atoms. The fraction of sp³-hybridized carbons (Fsp3) is 0.125. The van der Waals surface area contributed by atoms with E-state index in [9.17, 15) is 4.79 Å². The molecule has 0 aliphatic heterocycles. The number of fused-ring (bicyclic) bond motifs is 1. The third-order valence-electron chi connectivity index (χ3n) is 3.43. The molecule has 0 unspecified atom stereocenters. The van der Waals surface area contributed by atoms with Crippen LogP contribution in [0.15, 0.2) is 54.6 Å². The van der Waals surface area contributed by atoms with Crippen LogP contribution in [0.5, 0.6) is 0 Å². The van der Waals surface area contributed by atoms with Gasteiger partial charge in [-0.2, -0.15) is 0 Å². The molecule has 0 aliphatic carbocycles. The van der Waals surface area contributed by atoms with Crippen molar-refractivity contribution in [2.75, 3.05) is 11.9 Å². The van der Waals surface area contributed by atoms with Crippen LogP contribution in [0.4, 0.5) is 5.69 Å². The SMILES string of the molecule is CN(C(=O)c1nc2ccccc2n1C)c1ccccc1. The number of nitrogens with zero attached hydrogens (tertiary/aromatic N) is 3. The summed E-state index contributed by atoms with van der Waals surface area (Å²) in [5, 5.41) is 0. The van der Waals surface area contributed by atoms with Gasteiger partial charge in [0.2, 0.25) is 0 Å². The van der Waals surface area contributed by atoms with Crippen LogP contribution in [0.3, 0.4) is 0 Å². The van der Waals surface area contributed by atoms with Gasteiger partial charge in [0.25, 0.3) is 5.91 Å². The van der Waals surface area contributed by atoms with Crippen LogP contribution < -0.4 is 4.90 Å². The van der Waals surface area contributed by atoms with Crippen molar-refractivity contribution >= 4 is 22.6 Å². The maximum atomic E-state index is 12.6. The first kappa shape index (κ1) is 12.4. The lowest BCUT2D eigenvalue weighted by Gasteiger charge is -2.16. The zero-order valence-electron chi connectivity index (χ0n) is 11.4. The molecule has 0 saturated carbocycles. The highest BCUT2D eigenvalue weighted by Gasteiger charge is 2.19. The van der Waals surface area contributed by atoms with E-state index >= 15 is 0 Å². The normalized spacial score (nSPS) is 10.7. The Kier molecular flexibility index (Phi) is 2.99. The quantitative estimate of drug-likeness (QED) is 0.714. The van der Waals surface area contributed by atoms with E-state index in [1.165, 1.54) is 0 Å². The van der Waals surface area contributed by atoms with Gasteiger partial charge >= 0.3 is 0 Å². The summed E-state index contributed by atoms with van der Waals surface area (Å²) in [4.78, 5) is 18.6. The van der Waals surface area contributed by atoms with Gasteiger partial charge < -0.3 is 9.47 Å². The molecular weight excluding hydrogens is 250 g/mol. The molecule has 1 aromatic heterocycles. The molecule has 0 spiro atoms. The minimum absolute atomic E-state index is 0.116. The van der Waals surface area contributed by atoms with Crippen molar-refractivity contribution in [2.45, 2.75) is 0 Å². The molecule has 100 valence electrons. The Labute approximate surface area is 117 Å². The maximum Gasteiger partial charge on any atom is 0.294 e. The Hall–Kier alpha value is -2.62. The molecule has 0 radical (unpaired) electrons. The predicted molar refractivity (Wildman–Crippen MR) is 79.9 cm³/mol. The number of hydrogen-bond donors (Lipinski definition) is 0. The molecule has 0 saturated heterocycles. The van der Waals surface area contributed by atoms with E-state index in [4.69, 9.17) is 0 Å². The first-order valence-electron chi connectivity index (χ1n) is 6.43. The van der Waals surface area contributed by atoms with E-state index in [1.54, 1.807) is 11.9 Å². The highest BCUT2D eigenvalue weighted by atomic mass is 16.2. The first-order valence-corrected chi connectivity index (χ1v) is 6.43. The van der Waals surface area contributed by atoms with E-state index in [0.29, 0.717) is 5.82 Å². The summed E-state index contributed by atoms with van der Waals surface area (Å²) in [7, 11) is 3.62. The molecule has 4 nitrogen and oxygen atoms in total. The Morgan fingerprint density at radius 2 is 1.70 bits per heavy atom. The molecule has 0 aliphatic rings. The molecule has 1 amide bonds. The first-order chi connectivity index (χ1) is 9.68. The lowest BCUT2D eigenvalue weighted by atomic mass is 10.3. The summed E-state index contributed by atoms with van der Waals surface area (Å²) in [5.74, 6) is 0.326. The van der Waals surface area contributed by atoms with Gasteiger partial charge in [-0.05, 0) is 24.3 Å². The zero-order valence-corrected chi connectivity index (χ0v) is 11.4. The van der Waals surface area contributed by atoms with Crippen LogP contribution >= 0.6 is 0 Å². The van der Waals surface area contributed by atoms with Gasteiger partial charge in [-0.1, -0.05) is 30.3 Å². The van der Waals surface area contributed by atoms with Crippen LogP contribution in [0.2, 0.25) is 0 Å². The summed E-state index contributed by atoms with van der Waals surface area (Å²) in [6.45, 7) is 0. The maximum absolute atomic E-state index is 12.6. The molecule has 0 atom stereocenters. The predicted octanol–water partition coefficient (Wildman–Crippen LogP) is 2.85. The molecule has 20 heavy (non-hydrogen) atoms. The third-order valence-corrected chi connectivity index (χ3v) is 3.43. The topological polar surface area (TPSA) is 38.1 Å². The summed E-state index contributed by atoms with van der Waals surface area (Å²) in [6.07, 6.45) is 0. The standard InChI is InChI=1S/C16H15N3O/c1-18(12-8-4-3-5-9-12)16(20)15-17-13-10-6-7-11-14(13)19(15)2/h3-11H,1-2H3. The number of imidazole rings is 1. The number of carbonyl (C=O) groups is 1. The summed E-state index contributed by atoms with van der Waals surface area (Å²) >= 11 is 0. The fourth-order valence-electron chi connectivity index (χ4n) is 2.26. The molecule has 2 aromatic carbocycles. The van der Waals surface area contributed by atoms with E-state index in [-0.39, 0.29) is 5.91 Å².